The molecule has 1 aromatic carbocycles. The third kappa shape index (κ3) is 2.73. The van der Waals surface area contributed by atoms with Crippen molar-refractivity contribution in [2.75, 3.05) is 0 Å². The monoisotopic (exact) mass is 174 g/mol. The van der Waals surface area contributed by atoms with Gasteiger partial charge in [0.15, 0.2) is 0 Å². The summed E-state index contributed by atoms with van der Waals surface area (Å²) in [5.74, 6) is 0. The molecule has 0 saturated heterocycles. The lowest BCUT2D eigenvalue weighted by Crippen LogP contribution is -1.90. The van der Waals surface area contributed by atoms with Crippen molar-refractivity contribution < 1.29 is 0 Å². The zero-order valence-electron chi connectivity index (χ0n) is 8.64. The average Bonchev–Trinajstić information content (AvgIpc) is 2.15. The summed E-state index contributed by atoms with van der Waals surface area (Å²) in [4.78, 5) is 0. The molecule has 0 heterocycles. The summed E-state index contributed by atoms with van der Waals surface area (Å²) in [5, 5.41) is 0. The van der Waals surface area contributed by atoms with Crippen molar-refractivity contribution in [1.82, 2.24) is 0 Å². The van der Waals surface area contributed by atoms with Crippen LogP contribution in [0.1, 0.15) is 37.8 Å². The molecular weight excluding hydrogens is 156 g/mol. The Balaban J connectivity index is 2.84. The third-order valence-electron chi connectivity index (χ3n) is 2.28. The molecule has 0 nitrogen and oxygen atoms in total. The van der Waals surface area contributed by atoms with Gasteiger partial charge in [0.2, 0.25) is 0 Å². The fourth-order valence-electron chi connectivity index (χ4n) is 1.52. The van der Waals surface area contributed by atoms with E-state index in [0.29, 0.717) is 0 Å². The molecule has 0 fully saturated rings. The molecule has 0 spiro atoms. The maximum absolute atomic E-state index is 3.99. The Labute approximate surface area is 81.3 Å². The zero-order chi connectivity index (χ0) is 9.68. The molecule has 1 aromatic rings. The number of hydrogen-bond donors (Lipinski definition) is 0. The maximum Gasteiger partial charge on any atom is -0.0201 e. The number of unbranched alkanes of at least 4 members (excludes halogenated alkanes) is 1. The van der Waals surface area contributed by atoms with E-state index in [4.69, 9.17) is 0 Å². The summed E-state index contributed by atoms with van der Waals surface area (Å²) < 4.78 is 0. The van der Waals surface area contributed by atoms with Crippen molar-refractivity contribution in [1.29, 1.82) is 0 Å². The highest BCUT2D eigenvalue weighted by atomic mass is 14.1. The standard InChI is InChI=1S/C13H18/c1-4-5-8-12-9-6-7-10-13(12)11(2)3/h6-7,9-10H,2,4-5,8H2,1,3H3. The largest absolute Gasteiger partial charge is 0.0955 e. The van der Waals surface area contributed by atoms with E-state index in [1.807, 2.05) is 0 Å². The summed E-state index contributed by atoms with van der Waals surface area (Å²) in [6, 6.07) is 8.56. The molecule has 0 aliphatic heterocycles. The molecule has 0 aliphatic rings. The van der Waals surface area contributed by atoms with Crippen molar-refractivity contribution >= 4 is 5.57 Å². The summed E-state index contributed by atoms with van der Waals surface area (Å²) in [5.41, 5.74) is 3.94. The Bertz CT molecular complexity index is 284. The Morgan fingerprint density at radius 1 is 1.31 bits per heavy atom. The van der Waals surface area contributed by atoms with Crippen LogP contribution < -0.4 is 0 Å². The van der Waals surface area contributed by atoms with E-state index in [1.54, 1.807) is 0 Å². The average molecular weight is 174 g/mol. The molecule has 1 rings (SSSR count). The molecule has 0 unspecified atom stereocenters. The lowest BCUT2D eigenvalue weighted by atomic mass is 9.98. The molecule has 13 heavy (non-hydrogen) atoms. The zero-order valence-corrected chi connectivity index (χ0v) is 8.64. The molecule has 0 saturated carbocycles. The molecule has 0 aromatic heterocycles. The van der Waals surface area contributed by atoms with E-state index in [9.17, 15) is 0 Å². The summed E-state index contributed by atoms with van der Waals surface area (Å²) in [6.07, 6.45) is 3.70. The van der Waals surface area contributed by atoms with E-state index in [-0.39, 0.29) is 0 Å². The highest BCUT2D eigenvalue weighted by Crippen LogP contribution is 2.18. The number of aryl methyl sites for hydroxylation is 1. The molecule has 0 bridgehead atoms. The van der Waals surface area contributed by atoms with Crippen LogP contribution in [0.5, 0.6) is 0 Å². The van der Waals surface area contributed by atoms with Crippen molar-refractivity contribution in [2.45, 2.75) is 33.1 Å². The van der Waals surface area contributed by atoms with Crippen LogP contribution in [0.15, 0.2) is 30.8 Å². The second kappa shape index (κ2) is 4.86. The van der Waals surface area contributed by atoms with Crippen LogP contribution in [0.2, 0.25) is 0 Å². The predicted octanol–water partition coefficient (Wildman–Crippen LogP) is 4.06. The van der Waals surface area contributed by atoms with Crippen LogP contribution in [0.3, 0.4) is 0 Å². The van der Waals surface area contributed by atoms with Gasteiger partial charge in [-0.15, -0.1) is 0 Å². The van der Waals surface area contributed by atoms with Gasteiger partial charge in [-0.25, -0.2) is 0 Å². The van der Waals surface area contributed by atoms with Gasteiger partial charge in [-0.1, -0.05) is 49.8 Å². The highest BCUT2D eigenvalue weighted by molar-refractivity contribution is 5.64. The van der Waals surface area contributed by atoms with Gasteiger partial charge in [0.25, 0.3) is 0 Å². The number of hydrogen-bond acceptors (Lipinski definition) is 0. The van der Waals surface area contributed by atoms with Crippen LogP contribution >= 0.6 is 0 Å². The quantitative estimate of drug-likeness (QED) is 0.645. The Morgan fingerprint density at radius 3 is 2.62 bits per heavy atom. The van der Waals surface area contributed by atoms with Gasteiger partial charge in [0.05, 0.1) is 0 Å². The topological polar surface area (TPSA) is 0 Å². The molecular formula is C13H18. The van der Waals surface area contributed by atoms with Crippen LogP contribution in [-0.4, -0.2) is 0 Å². The highest BCUT2D eigenvalue weighted by Gasteiger charge is 2.00. The van der Waals surface area contributed by atoms with E-state index in [2.05, 4.69) is 44.7 Å². The summed E-state index contributed by atoms with van der Waals surface area (Å²) in [7, 11) is 0. The summed E-state index contributed by atoms with van der Waals surface area (Å²) in [6.45, 7) is 8.29. The third-order valence-corrected chi connectivity index (χ3v) is 2.28. The normalized spacial score (nSPS) is 10.0. The maximum atomic E-state index is 3.99. The van der Waals surface area contributed by atoms with Gasteiger partial charge in [-0.3, -0.25) is 0 Å². The van der Waals surface area contributed by atoms with Gasteiger partial charge < -0.3 is 0 Å². The van der Waals surface area contributed by atoms with Crippen LogP contribution in [0.25, 0.3) is 5.57 Å². The van der Waals surface area contributed by atoms with E-state index in [0.717, 1.165) is 0 Å². The van der Waals surface area contributed by atoms with Crippen LogP contribution in [0.4, 0.5) is 0 Å². The van der Waals surface area contributed by atoms with Crippen molar-refractivity contribution in [2.24, 2.45) is 0 Å². The van der Waals surface area contributed by atoms with Crippen molar-refractivity contribution in [3.05, 3.63) is 42.0 Å². The van der Waals surface area contributed by atoms with E-state index < -0.39 is 0 Å². The van der Waals surface area contributed by atoms with Crippen molar-refractivity contribution in [3.63, 3.8) is 0 Å². The molecule has 0 radical (unpaired) electrons. The van der Waals surface area contributed by atoms with Crippen molar-refractivity contribution in [3.8, 4) is 0 Å². The minimum atomic E-state index is 1.17. The lowest BCUT2D eigenvalue weighted by molar-refractivity contribution is 0.793. The summed E-state index contributed by atoms with van der Waals surface area (Å²) >= 11 is 0. The molecule has 0 N–H and O–H groups in total. The Hall–Kier alpha value is -1.04. The number of allylic oxidation sites excluding steroid dienone is 1. The Morgan fingerprint density at radius 2 is 2.00 bits per heavy atom. The minimum absolute atomic E-state index is 1.17. The van der Waals surface area contributed by atoms with E-state index in [1.165, 1.54) is 36.0 Å². The SMILES string of the molecule is C=C(C)c1ccccc1CCCC. The number of benzene rings is 1. The molecule has 0 aliphatic carbocycles. The van der Waals surface area contributed by atoms with Gasteiger partial charge >= 0.3 is 0 Å². The number of rotatable bonds is 4. The molecule has 0 heteroatoms. The van der Waals surface area contributed by atoms with Gasteiger partial charge in [-0.05, 0) is 30.9 Å². The molecule has 70 valence electrons. The second-order valence-electron chi connectivity index (χ2n) is 3.54. The first-order chi connectivity index (χ1) is 6.25. The molecule has 0 amide bonds. The first kappa shape index (κ1) is 10.0. The minimum Gasteiger partial charge on any atom is -0.0955 e. The van der Waals surface area contributed by atoms with Crippen LogP contribution in [0, 0.1) is 0 Å². The second-order valence-corrected chi connectivity index (χ2v) is 3.54. The Kier molecular flexibility index (Phi) is 3.75. The van der Waals surface area contributed by atoms with E-state index >= 15 is 0 Å². The predicted molar refractivity (Wildman–Crippen MR) is 59.8 cm³/mol. The van der Waals surface area contributed by atoms with Gasteiger partial charge in [0.1, 0.15) is 0 Å². The molecule has 0 atom stereocenters. The lowest BCUT2D eigenvalue weighted by Gasteiger charge is -2.07. The fourth-order valence-corrected chi connectivity index (χ4v) is 1.52. The smallest absolute Gasteiger partial charge is 0.0201 e. The first-order valence-electron chi connectivity index (χ1n) is 4.99. The van der Waals surface area contributed by atoms with Gasteiger partial charge in [-0.2, -0.15) is 0 Å². The van der Waals surface area contributed by atoms with Gasteiger partial charge in [0, 0.05) is 0 Å². The van der Waals surface area contributed by atoms with Crippen LogP contribution in [-0.2, 0) is 6.42 Å². The first-order valence-corrected chi connectivity index (χ1v) is 4.99. The fraction of sp³-hybridized carbons (Fsp3) is 0.385.